The summed E-state index contributed by atoms with van der Waals surface area (Å²) in [7, 11) is 1.40. The average molecular weight is 288 g/mol. The summed E-state index contributed by atoms with van der Waals surface area (Å²) in [5.41, 5.74) is 6.70. The van der Waals surface area contributed by atoms with Crippen molar-refractivity contribution in [1.82, 2.24) is 5.32 Å². The molecule has 5 N–H and O–H groups in total. The van der Waals surface area contributed by atoms with Crippen LogP contribution in [-0.2, 0) is 6.54 Å². The van der Waals surface area contributed by atoms with Crippen LogP contribution < -0.4 is 15.8 Å². The topological polar surface area (TPSA) is 105 Å². The lowest BCUT2D eigenvalue weighted by Gasteiger charge is -2.10. The Balaban J connectivity index is 2.14. The Kier molecular flexibility index (Phi) is 4.18. The van der Waals surface area contributed by atoms with Gasteiger partial charge in [-0.15, -0.1) is 0 Å². The van der Waals surface area contributed by atoms with Gasteiger partial charge >= 0.3 is 0 Å². The van der Waals surface area contributed by atoms with Crippen LogP contribution in [0.5, 0.6) is 17.2 Å². The van der Waals surface area contributed by atoms with Gasteiger partial charge in [0.05, 0.1) is 12.7 Å². The number of phenols is 2. The van der Waals surface area contributed by atoms with Gasteiger partial charge in [-0.25, -0.2) is 0 Å². The first-order valence-corrected chi connectivity index (χ1v) is 6.24. The van der Waals surface area contributed by atoms with Crippen LogP contribution in [0.25, 0.3) is 0 Å². The minimum Gasteiger partial charge on any atom is -0.508 e. The molecule has 0 aromatic heterocycles. The minimum atomic E-state index is -0.478. The van der Waals surface area contributed by atoms with E-state index in [1.54, 1.807) is 24.3 Å². The van der Waals surface area contributed by atoms with Crippen molar-refractivity contribution in [1.29, 1.82) is 0 Å². The second-order valence-electron chi connectivity index (χ2n) is 4.43. The van der Waals surface area contributed by atoms with Crippen LogP contribution in [0, 0.1) is 0 Å². The molecule has 0 spiro atoms. The zero-order valence-electron chi connectivity index (χ0n) is 11.5. The highest BCUT2D eigenvalue weighted by Gasteiger charge is 2.15. The van der Waals surface area contributed by atoms with E-state index in [9.17, 15) is 15.0 Å². The second-order valence-corrected chi connectivity index (χ2v) is 4.43. The number of benzene rings is 2. The molecule has 6 nitrogen and oxygen atoms in total. The third-order valence-corrected chi connectivity index (χ3v) is 3.01. The molecule has 2 aromatic rings. The van der Waals surface area contributed by atoms with Crippen molar-refractivity contribution in [3.63, 3.8) is 0 Å². The van der Waals surface area contributed by atoms with Crippen LogP contribution in [0.15, 0.2) is 36.4 Å². The van der Waals surface area contributed by atoms with Gasteiger partial charge in [-0.3, -0.25) is 4.79 Å². The molecular formula is C15H16N2O4. The number of hydrogen-bond acceptors (Lipinski definition) is 5. The largest absolute Gasteiger partial charge is 0.508 e. The highest BCUT2D eigenvalue weighted by atomic mass is 16.5. The van der Waals surface area contributed by atoms with Crippen molar-refractivity contribution in [2.45, 2.75) is 6.54 Å². The third-order valence-electron chi connectivity index (χ3n) is 3.01. The molecule has 0 saturated heterocycles. The van der Waals surface area contributed by atoms with Crippen LogP contribution in [0.3, 0.4) is 0 Å². The molecule has 0 saturated carbocycles. The van der Waals surface area contributed by atoms with E-state index in [-0.39, 0.29) is 29.4 Å². The first-order valence-electron chi connectivity index (χ1n) is 6.24. The molecule has 0 unspecified atom stereocenters. The average Bonchev–Trinajstić information content (AvgIpc) is 2.48. The number of phenolic OH excluding ortho intramolecular Hbond substituents is 2. The van der Waals surface area contributed by atoms with Gasteiger partial charge in [-0.05, 0) is 30.3 Å². The van der Waals surface area contributed by atoms with Crippen LogP contribution in [0.4, 0.5) is 5.69 Å². The highest BCUT2D eigenvalue weighted by Crippen LogP contribution is 2.29. The molecule has 0 aliphatic heterocycles. The molecule has 0 fully saturated rings. The van der Waals surface area contributed by atoms with Crippen molar-refractivity contribution in [2.75, 3.05) is 12.8 Å². The number of rotatable bonds is 4. The molecule has 2 rings (SSSR count). The number of carbonyl (C=O) groups is 1. The van der Waals surface area contributed by atoms with E-state index in [1.807, 2.05) is 0 Å². The van der Waals surface area contributed by atoms with Gasteiger partial charge in [0.25, 0.3) is 5.91 Å². The maximum absolute atomic E-state index is 12.1. The SMILES string of the molecule is COc1cccc(C(=O)NCc2cc(N)ccc2O)c1O. The summed E-state index contributed by atoms with van der Waals surface area (Å²) in [6.45, 7) is 0.0896. The number of para-hydroxylation sites is 1. The highest BCUT2D eigenvalue weighted by molar-refractivity contribution is 5.97. The van der Waals surface area contributed by atoms with Gasteiger partial charge in [0.1, 0.15) is 5.75 Å². The van der Waals surface area contributed by atoms with Crippen molar-refractivity contribution >= 4 is 11.6 Å². The van der Waals surface area contributed by atoms with Crippen molar-refractivity contribution in [3.8, 4) is 17.2 Å². The molecule has 0 atom stereocenters. The zero-order valence-corrected chi connectivity index (χ0v) is 11.5. The van der Waals surface area contributed by atoms with Crippen LogP contribution in [0.1, 0.15) is 15.9 Å². The lowest BCUT2D eigenvalue weighted by Crippen LogP contribution is -2.23. The predicted octanol–water partition coefficient (Wildman–Crippen LogP) is 1.62. The van der Waals surface area contributed by atoms with Gasteiger partial charge in [0.2, 0.25) is 0 Å². The third kappa shape index (κ3) is 3.17. The van der Waals surface area contributed by atoms with Gasteiger partial charge < -0.3 is 26.0 Å². The Labute approximate surface area is 121 Å². The Morgan fingerprint density at radius 1 is 1.29 bits per heavy atom. The summed E-state index contributed by atoms with van der Waals surface area (Å²) in [4.78, 5) is 12.1. The predicted molar refractivity (Wildman–Crippen MR) is 78.3 cm³/mol. The van der Waals surface area contributed by atoms with E-state index >= 15 is 0 Å². The van der Waals surface area contributed by atoms with Gasteiger partial charge in [-0.2, -0.15) is 0 Å². The molecular weight excluding hydrogens is 272 g/mol. The zero-order chi connectivity index (χ0) is 15.4. The number of methoxy groups -OCH3 is 1. The number of nitrogens with two attached hydrogens (primary N) is 1. The maximum atomic E-state index is 12.1. The van der Waals surface area contributed by atoms with Crippen LogP contribution in [-0.4, -0.2) is 23.2 Å². The summed E-state index contributed by atoms with van der Waals surface area (Å²) in [5, 5.41) is 22.2. The second kappa shape index (κ2) is 6.04. The first-order chi connectivity index (χ1) is 10.0. The number of aromatic hydroxyl groups is 2. The number of hydrogen-bond donors (Lipinski definition) is 4. The smallest absolute Gasteiger partial charge is 0.255 e. The fourth-order valence-corrected chi connectivity index (χ4v) is 1.89. The minimum absolute atomic E-state index is 0.0411. The monoisotopic (exact) mass is 288 g/mol. The Morgan fingerprint density at radius 2 is 2.05 bits per heavy atom. The standard InChI is InChI=1S/C15H16N2O4/c1-21-13-4-2-3-11(14(13)19)15(20)17-8-9-7-10(16)5-6-12(9)18/h2-7,18-19H,8,16H2,1H3,(H,17,20). The summed E-state index contributed by atoms with van der Waals surface area (Å²) < 4.78 is 4.95. The molecule has 21 heavy (non-hydrogen) atoms. The molecule has 6 heteroatoms. The van der Waals surface area contributed by atoms with Crippen molar-refractivity contribution in [3.05, 3.63) is 47.5 Å². The number of anilines is 1. The maximum Gasteiger partial charge on any atom is 0.255 e. The number of ether oxygens (including phenoxy) is 1. The fourth-order valence-electron chi connectivity index (χ4n) is 1.89. The summed E-state index contributed by atoms with van der Waals surface area (Å²) >= 11 is 0. The quantitative estimate of drug-likeness (QED) is 0.505. The normalized spacial score (nSPS) is 10.1. The van der Waals surface area contributed by atoms with E-state index in [1.165, 1.54) is 19.2 Å². The fraction of sp³-hybridized carbons (Fsp3) is 0.133. The lowest BCUT2D eigenvalue weighted by atomic mass is 10.1. The van der Waals surface area contributed by atoms with Crippen molar-refractivity contribution < 1.29 is 19.7 Å². The van der Waals surface area contributed by atoms with E-state index in [0.29, 0.717) is 11.3 Å². The number of nitrogens with one attached hydrogen (secondary N) is 1. The molecule has 110 valence electrons. The summed E-state index contributed by atoms with van der Waals surface area (Å²) in [5.74, 6) is -0.448. The van der Waals surface area contributed by atoms with Gasteiger partial charge in [0, 0.05) is 17.8 Å². The first kappa shape index (κ1) is 14.5. The molecule has 0 bridgehead atoms. The molecule has 2 aromatic carbocycles. The van der Waals surface area contributed by atoms with E-state index in [4.69, 9.17) is 10.5 Å². The Hall–Kier alpha value is -2.89. The summed E-state index contributed by atoms with van der Waals surface area (Å²) in [6, 6.07) is 9.23. The van der Waals surface area contributed by atoms with Crippen LogP contribution >= 0.6 is 0 Å². The lowest BCUT2D eigenvalue weighted by molar-refractivity contribution is 0.0947. The van der Waals surface area contributed by atoms with E-state index in [2.05, 4.69) is 5.32 Å². The van der Waals surface area contributed by atoms with E-state index < -0.39 is 5.91 Å². The number of nitrogen functional groups attached to an aromatic ring is 1. The van der Waals surface area contributed by atoms with E-state index in [0.717, 1.165) is 0 Å². The van der Waals surface area contributed by atoms with Crippen molar-refractivity contribution in [2.24, 2.45) is 0 Å². The van der Waals surface area contributed by atoms with Crippen LogP contribution in [0.2, 0.25) is 0 Å². The number of carbonyl (C=O) groups excluding carboxylic acids is 1. The Morgan fingerprint density at radius 3 is 2.76 bits per heavy atom. The van der Waals surface area contributed by atoms with Gasteiger partial charge in [0.15, 0.2) is 11.5 Å². The van der Waals surface area contributed by atoms with Gasteiger partial charge in [-0.1, -0.05) is 6.07 Å². The number of amides is 1. The Bertz CT molecular complexity index is 671. The molecule has 0 aliphatic rings. The summed E-state index contributed by atoms with van der Waals surface area (Å²) in [6.07, 6.45) is 0. The molecule has 0 radical (unpaired) electrons. The molecule has 0 aliphatic carbocycles. The molecule has 1 amide bonds. The molecule has 0 heterocycles.